The number of hydrogen-bond donors (Lipinski definition) is 1. The number of nitrogens with zero attached hydrogens (tertiary/aromatic N) is 3. The van der Waals surface area contributed by atoms with Crippen molar-refractivity contribution in [1.29, 1.82) is 5.26 Å². The van der Waals surface area contributed by atoms with Gasteiger partial charge in [-0.05, 0) is 56.4 Å². The monoisotopic (exact) mass is 1020 g/mol. The lowest BCUT2D eigenvalue weighted by molar-refractivity contribution is -0.141. The third-order valence-electron chi connectivity index (χ3n) is 10.1. The van der Waals surface area contributed by atoms with E-state index in [4.69, 9.17) is 59.0 Å². The second-order valence-corrected chi connectivity index (χ2v) is 19.1. The van der Waals surface area contributed by atoms with Crippen molar-refractivity contribution in [2.24, 2.45) is 0 Å². The molecular weight excluding hydrogens is 953 g/mol. The highest BCUT2D eigenvalue weighted by Gasteiger charge is 2.39. The van der Waals surface area contributed by atoms with E-state index >= 15 is 0 Å². The lowest BCUT2D eigenvalue weighted by atomic mass is 9.78. The van der Waals surface area contributed by atoms with Crippen LogP contribution in [0.1, 0.15) is 57.9 Å². The Labute approximate surface area is 407 Å². The Kier molecular flexibility index (Phi) is 23.6. The molecule has 1 amide bonds. The average molecular weight is 1020 g/mol. The van der Waals surface area contributed by atoms with E-state index in [1.807, 2.05) is 26.0 Å². The van der Waals surface area contributed by atoms with Gasteiger partial charge in [0.25, 0.3) is 10.0 Å². The molecule has 0 spiro atoms. The minimum atomic E-state index is -4.81. The molecule has 69 heavy (non-hydrogen) atoms. The number of fused-ring (bicyclic) bond motifs is 1. The van der Waals surface area contributed by atoms with Gasteiger partial charge in [0.15, 0.2) is 0 Å². The minimum absolute atomic E-state index is 0.0111. The van der Waals surface area contributed by atoms with Gasteiger partial charge in [0, 0.05) is 36.5 Å². The quantitative estimate of drug-likeness (QED) is 0.0635. The van der Waals surface area contributed by atoms with Gasteiger partial charge in [-0.15, -0.1) is 0 Å². The number of rotatable bonds is 31. The number of amides is 1. The number of halogens is 4. The van der Waals surface area contributed by atoms with Crippen LogP contribution in [0.15, 0.2) is 53.6 Å². The molecule has 17 nitrogen and oxygen atoms in total. The van der Waals surface area contributed by atoms with E-state index < -0.39 is 39.2 Å². The molecule has 0 saturated carbocycles. The number of benzene rings is 2. The number of aromatic nitrogens is 1. The molecule has 384 valence electrons. The third-order valence-corrected chi connectivity index (χ3v) is 12.2. The summed E-state index contributed by atoms with van der Waals surface area (Å²) < 4.78 is 126. The summed E-state index contributed by atoms with van der Waals surface area (Å²) in [5.74, 6) is -0.106. The van der Waals surface area contributed by atoms with Gasteiger partial charge in [-0.3, -0.25) is 9.29 Å². The van der Waals surface area contributed by atoms with Crippen LogP contribution in [0.2, 0.25) is 5.02 Å². The summed E-state index contributed by atoms with van der Waals surface area (Å²) >= 11 is 6.64. The number of carbonyl (C=O) groups is 1. The topological polar surface area (TPSA) is 195 Å². The molecule has 0 radical (unpaired) electrons. The first-order valence-electron chi connectivity index (χ1n) is 22.5. The maximum absolute atomic E-state index is 14.6. The molecule has 0 fully saturated rings. The first-order chi connectivity index (χ1) is 32.8. The Morgan fingerprint density at radius 2 is 1.26 bits per heavy atom. The fraction of sp³-hybridized carbons (Fsp3) is 0.596. The van der Waals surface area contributed by atoms with Crippen LogP contribution in [0, 0.1) is 11.3 Å². The van der Waals surface area contributed by atoms with Gasteiger partial charge in [0.1, 0.15) is 28.5 Å². The zero-order chi connectivity index (χ0) is 50.3. The lowest BCUT2D eigenvalue weighted by Gasteiger charge is -2.39. The molecule has 3 aromatic rings. The Bertz CT molecular complexity index is 2210. The molecule has 1 N–H and O–H groups in total. The number of sulfonamides is 1. The number of carbonyl (C=O) groups excluding carboxylic acids is 1. The maximum atomic E-state index is 14.6. The first-order valence-corrected chi connectivity index (χ1v) is 24.3. The van der Waals surface area contributed by atoms with Gasteiger partial charge in [0.2, 0.25) is 0 Å². The van der Waals surface area contributed by atoms with Crippen LogP contribution in [-0.4, -0.2) is 151 Å². The molecule has 2 heterocycles. The van der Waals surface area contributed by atoms with Crippen LogP contribution in [0.5, 0.6) is 5.75 Å². The molecule has 22 heteroatoms. The zero-order valence-electron chi connectivity index (χ0n) is 39.8. The number of alkyl carbamates (subject to hydrolysis) is 1. The zero-order valence-corrected chi connectivity index (χ0v) is 41.4. The summed E-state index contributed by atoms with van der Waals surface area (Å²) in [6, 6.07) is 12.0. The van der Waals surface area contributed by atoms with Crippen LogP contribution >= 0.6 is 11.6 Å². The van der Waals surface area contributed by atoms with Gasteiger partial charge in [-0.1, -0.05) is 43.6 Å². The molecule has 2 aromatic carbocycles. The van der Waals surface area contributed by atoms with Gasteiger partial charge >= 0.3 is 12.3 Å². The van der Waals surface area contributed by atoms with Crippen molar-refractivity contribution in [2.75, 3.05) is 130 Å². The van der Waals surface area contributed by atoms with Crippen molar-refractivity contribution in [3.63, 3.8) is 0 Å². The molecule has 1 aliphatic rings. The van der Waals surface area contributed by atoms with Crippen molar-refractivity contribution in [2.45, 2.75) is 63.1 Å². The average Bonchev–Trinajstić information content (AvgIpc) is 3.28. The van der Waals surface area contributed by atoms with Gasteiger partial charge in [0.05, 0.1) is 128 Å². The fourth-order valence-electron chi connectivity index (χ4n) is 6.63. The Balaban J connectivity index is 1.08. The minimum Gasteiger partial charge on any atom is -0.490 e. The van der Waals surface area contributed by atoms with E-state index in [2.05, 4.69) is 10.3 Å². The highest BCUT2D eigenvalue weighted by Crippen LogP contribution is 2.45. The largest absolute Gasteiger partial charge is 0.490 e. The fourth-order valence-corrected chi connectivity index (χ4v) is 8.51. The number of anilines is 1. The van der Waals surface area contributed by atoms with Crippen LogP contribution in [0.25, 0.3) is 11.1 Å². The number of para-hydroxylation sites is 1. The first kappa shape index (κ1) is 57.2. The Morgan fingerprint density at radius 1 is 0.768 bits per heavy atom. The number of alkyl halides is 3. The van der Waals surface area contributed by atoms with Gasteiger partial charge < -0.3 is 52.7 Å². The predicted molar refractivity (Wildman–Crippen MR) is 249 cm³/mol. The van der Waals surface area contributed by atoms with Gasteiger partial charge in [-0.25, -0.2) is 13.2 Å². The third kappa shape index (κ3) is 19.4. The lowest BCUT2D eigenvalue weighted by Crippen LogP contribution is -2.41. The van der Waals surface area contributed by atoms with Crippen LogP contribution < -0.4 is 14.4 Å². The molecule has 0 unspecified atom stereocenters. The highest BCUT2D eigenvalue weighted by atomic mass is 35.5. The molecule has 0 aliphatic carbocycles. The highest BCUT2D eigenvalue weighted by molar-refractivity contribution is 7.93. The molecule has 0 bridgehead atoms. The van der Waals surface area contributed by atoms with E-state index in [9.17, 15) is 31.6 Å². The van der Waals surface area contributed by atoms with Crippen molar-refractivity contribution in [3.05, 3.63) is 70.5 Å². The molecular formula is C47H64ClF3N4O13S. The van der Waals surface area contributed by atoms with Crippen LogP contribution in [0.3, 0.4) is 0 Å². The summed E-state index contributed by atoms with van der Waals surface area (Å²) in [4.78, 5) is 14.7. The van der Waals surface area contributed by atoms with Crippen LogP contribution in [-0.2, 0) is 64.2 Å². The van der Waals surface area contributed by atoms with Crippen molar-refractivity contribution < 1.29 is 73.8 Å². The number of nitrogens with one attached hydrogen (secondary N) is 1. The van der Waals surface area contributed by atoms with E-state index in [1.54, 1.807) is 39.0 Å². The summed E-state index contributed by atoms with van der Waals surface area (Å²) in [5.41, 5.74) is -1.31. The van der Waals surface area contributed by atoms with Crippen molar-refractivity contribution in [3.8, 4) is 22.9 Å². The summed E-state index contributed by atoms with van der Waals surface area (Å²) in [6.07, 6.45) is -3.93. The number of nitriles is 1. The standard InChI is InChI=1S/C47H64ClF3N4O13S/c1-45(2,3)68-44(56)53-11-13-59-14-15-60-16-17-61-18-19-62-20-21-63-22-23-64-24-25-65-26-27-66-28-29-67-41-32-39(48)36(37-34-54-43(47(49,50)51)30-35(37)33-52)31-42(41)69(57,58)55-12-10-46(4,5)38-8-6-7-9-40(38)55/h6-9,30-32,34H,10-29H2,1-5H3,(H,53,56). The summed E-state index contributed by atoms with van der Waals surface area (Å²) in [6.45, 7) is 15.5. The maximum Gasteiger partial charge on any atom is 0.433 e. The molecule has 0 saturated heterocycles. The molecule has 4 rings (SSSR count). The summed E-state index contributed by atoms with van der Waals surface area (Å²) in [5, 5.41) is 12.3. The second-order valence-electron chi connectivity index (χ2n) is 16.9. The second kappa shape index (κ2) is 28.5. The summed E-state index contributed by atoms with van der Waals surface area (Å²) in [7, 11) is -4.38. The van der Waals surface area contributed by atoms with Crippen LogP contribution in [0.4, 0.5) is 23.7 Å². The van der Waals surface area contributed by atoms with E-state index in [0.717, 1.165) is 11.8 Å². The van der Waals surface area contributed by atoms with E-state index in [1.165, 1.54) is 16.4 Å². The van der Waals surface area contributed by atoms with E-state index in [-0.39, 0.29) is 65.2 Å². The number of ether oxygens (including phenoxy) is 10. The molecule has 1 aliphatic heterocycles. The van der Waals surface area contributed by atoms with Crippen molar-refractivity contribution >= 4 is 33.4 Å². The number of hydrogen-bond acceptors (Lipinski definition) is 15. The Hall–Kier alpha value is -4.34. The van der Waals surface area contributed by atoms with Gasteiger partial charge in [-0.2, -0.15) is 18.4 Å². The molecule has 1 aromatic heterocycles. The number of pyridine rings is 1. The predicted octanol–water partition coefficient (Wildman–Crippen LogP) is 7.21. The van der Waals surface area contributed by atoms with Crippen molar-refractivity contribution in [1.82, 2.24) is 10.3 Å². The smallest absolute Gasteiger partial charge is 0.433 e. The SMILES string of the molecule is CC(C)(C)OC(=O)NCCOCCOCCOCCOCCOCCOCCOCCOCCOc1cc(Cl)c(-c2cnc(C(F)(F)F)cc2C#N)cc1S(=O)(=O)N1CCC(C)(C)c2ccccc21. The van der Waals surface area contributed by atoms with E-state index in [0.29, 0.717) is 111 Å². The Morgan fingerprint density at radius 3 is 1.75 bits per heavy atom. The normalized spacial score (nSPS) is 13.8. The molecule has 0 atom stereocenters.